The van der Waals surface area contributed by atoms with Crippen LogP contribution in [0.4, 0.5) is 10.5 Å². The Labute approximate surface area is 102 Å². The summed E-state index contributed by atoms with van der Waals surface area (Å²) in [6, 6.07) is 3.35. The van der Waals surface area contributed by atoms with E-state index < -0.39 is 0 Å². The maximum Gasteiger partial charge on any atom is 0.321 e. The van der Waals surface area contributed by atoms with Crippen molar-refractivity contribution in [3.05, 3.63) is 18.3 Å². The Morgan fingerprint density at radius 2 is 2.24 bits per heavy atom. The van der Waals surface area contributed by atoms with Gasteiger partial charge in [0.1, 0.15) is 0 Å². The zero-order valence-corrected chi connectivity index (χ0v) is 10.6. The molecule has 1 heterocycles. The Hall–Kier alpha value is -1.78. The van der Waals surface area contributed by atoms with Crippen LogP contribution < -0.4 is 10.1 Å². The SMILES string of the molecule is CCCCOc1ccc(NC(=O)N(C)C)cn1. The molecular weight excluding hydrogens is 218 g/mol. The average Bonchev–Trinajstić information content (AvgIpc) is 2.31. The van der Waals surface area contributed by atoms with E-state index in [9.17, 15) is 4.79 Å². The van der Waals surface area contributed by atoms with Gasteiger partial charge in [0, 0.05) is 20.2 Å². The first kappa shape index (κ1) is 13.3. The highest BCUT2D eigenvalue weighted by molar-refractivity contribution is 5.88. The van der Waals surface area contributed by atoms with Gasteiger partial charge in [-0.15, -0.1) is 0 Å². The Kier molecular flexibility index (Phi) is 5.26. The molecule has 0 spiro atoms. The van der Waals surface area contributed by atoms with Crippen LogP contribution in [0, 0.1) is 0 Å². The fourth-order valence-corrected chi connectivity index (χ4v) is 1.10. The van der Waals surface area contributed by atoms with Crippen LogP contribution >= 0.6 is 0 Å². The predicted octanol–water partition coefficient (Wildman–Crippen LogP) is 2.35. The van der Waals surface area contributed by atoms with Crippen LogP contribution in [0.2, 0.25) is 0 Å². The summed E-state index contributed by atoms with van der Waals surface area (Å²) in [5, 5.41) is 2.70. The van der Waals surface area contributed by atoms with Crippen molar-refractivity contribution in [2.24, 2.45) is 0 Å². The van der Waals surface area contributed by atoms with Gasteiger partial charge in [-0.3, -0.25) is 0 Å². The van der Waals surface area contributed by atoms with Crippen molar-refractivity contribution in [2.75, 3.05) is 26.0 Å². The summed E-state index contributed by atoms with van der Waals surface area (Å²) >= 11 is 0. The van der Waals surface area contributed by atoms with Crippen LogP contribution in [0.15, 0.2) is 18.3 Å². The molecule has 0 unspecified atom stereocenters. The summed E-state index contributed by atoms with van der Waals surface area (Å²) < 4.78 is 5.42. The van der Waals surface area contributed by atoms with Gasteiger partial charge in [0.2, 0.25) is 5.88 Å². The molecule has 0 saturated heterocycles. The van der Waals surface area contributed by atoms with E-state index in [2.05, 4.69) is 17.2 Å². The molecule has 1 aromatic heterocycles. The third-order valence-corrected chi connectivity index (χ3v) is 2.14. The van der Waals surface area contributed by atoms with Crippen molar-refractivity contribution in [1.82, 2.24) is 9.88 Å². The Balaban J connectivity index is 2.47. The highest BCUT2D eigenvalue weighted by Crippen LogP contribution is 2.12. The molecule has 0 fully saturated rings. The molecular formula is C12H19N3O2. The Morgan fingerprint density at radius 1 is 1.47 bits per heavy atom. The third kappa shape index (κ3) is 4.72. The number of rotatable bonds is 5. The van der Waals surface area contributed by atoms with Crippen LogP contribution in [-0.4, -0.2) is 36.6 Å². The van der Waals surface area contributed by atoms with E-state index in [1.807, 2.05) is 0 Å². The number of hydrogen-bond donors (Lipinski definition) is 1. The zero-order chi connectivity index (χ0) is 12.7. The second kappa shape index (κ2) is 6.73. The molecule has 1 rings (SSSR count). The molecule has 5 nitrogen and oxygen atoms in total. The van der Waals surface area contributed by atoms with Crippen molar-refractivity contribution in [1.29, 1.82) is 0 Å². The minimum absolute atomic E-state index is 0.175. The molecule has 2 amide bonds. The molecule has 0 aliphatic rings. The fourth-order valence-electron chi connectivity index (χ4n) is 1.10. The lowest BCUT2D eigenvalue weighted by molar-refractivity contribution is 0.230. The van der Waals surface area contributed by atoms with E-state index in [0.29, 0.717) is 18.2 Å². The number of nitrogens with zero attached hydrogens (tertiary/aromatic N) is 2. The standard InChI is InChI=1S/C12H19N3O2/c1-4-5-8-17-11-7-6-10(9-13-11)14-12(16)15(2)3/h6-7,9H,4-5,8H2,1-3H3,(H,14,16). The average molecular weight is 237 g/mol. The van der Waals surface area contributed by atoms with Crippen LogP contribution in [0.1, 0.15) is 19.8 Å². The van der Waals surface area contributed by atoms with Crippen LogP contribution in [0.25, 0.3) is 0 Å². The quantitative estimate of drug-likeness (QED) is 0.800. The van der Waals surface area contributed by atoms with E-state index >= 15 is 0 Å². The van der Waals surface area contributed by atoms with E-state index in [-0.39, 0.29) is 6.03 Å². The number of anilines is 1. The van der Waals surface area contributed by atoms with E-state index in [4.69, 9.17) is 4.74 Å². The van der Waals surface area contributed by atoms with Crippen molar-refractivity contribution >= 4 is 11.7 Å². The number of urea groups is 1. The number of unbranched alkanes of at least 4 members (excludes halogenated alkanes) is 1. The second-order valence-corrected chi connectivity index (χ2v) is 3.91. The highest BCUT2D eigenvalue weighted by atomic mass is 16.5. The molecule has 0 aliphatic carbocycles. The molecule has 0 aromatic carbocycles. The number of carbonyl (C=O) groups is 1. The summed E-state index contributed by atoms with van der Waals surface area (Å²) in [4.78, 5) is 16.9. The number of hydrogen-bond acceptors (Lipinski definition) is 3. The maximum atomic E-state index is 11.4. The lowest BCUT2D eigenvalue weighted by atomic mass is 10.4. The van der Waals surface area contributed by atoms with Crippen LogP contribution in [-0.2, 0) is 0 Å². The highest BCUT2D eigenvalue weighted by Gasteiger charge is 2.04. The summed E-state index contributed by atoms with van der Waals surface area (Å²) in [6.45, 7) is 2.78. The first-order valence-electron chi connectivity index (χ1n) is 5.70. The lowest BCUT2D eigenvalue weighted by Gasteiger charge is -2.11. The smallest absolute Gasteiger partial charge is 0.321 e. The summed E-state index contributed by atoms with van der Waals surface area (Å²) in [7, 11) is 3.37. The van der Waals surface area contributed by atoms with E-state index in [1.165, 1.54) is 4.90 Å². The maximum absolute atomic E-state index is 11.4. The molecule has 0 radical (unpaired) electrons. The molecule has 0 atom stereocenters. The fraction of sp³-hybridized carbons (Fsp3) is 0.500. The summed E-state index contributed by atoms with van der Waals surface area (Å²) in [6.07, 6.45) is 3.69. The van der Waals surface area contributed by atoms with Gasteiger partial charge in [-0.05, 0) is 12.5 Å². The topological polar surface area (TPSA) is 54.5 Å². The first-order valence-corrected chi connectivity index (χ1v) is 5.70. The van der Waals surface area contributed by atoms with Gasteiger partial charge in [0.15, 0.2) is 0 Å². The monoisotopic (exact) mass is 237 g/mol. The molecule has 1 aromatic rings. The number of carbonyl (C=O) groups excluding carboxylic acids is 1. The summed E-state index contributed by atoms with van der Waals surface area (Å²) in [5.41, 5.74) is 0.659. The Bertz CT molecular complexity index is 349. The molecule has 17 heavy (non-hydrogen) atoms. The number of pyridine rings is 1. The van der Waals surface area contributed by atoms with Crippen molar-refractivity contribution < 1.29 is 9.53 Å². The summed E-state index contributed by atoms with van der Waals surface area (Å²) in [5.74, 6) is 0.585. The largest absolute Gasteiger partial charge is 0.478 e. The minimum Gasteiger partial charge on any atom is -0.478 e. The van der Waals surface area contributed by atoms with Gasteiger partial charge >= 0.3 is 6.03 Å². The lowest BCUT2D eigenvalue weighted by Crippen LogP contribution is -2.27. The van der Waals surface area contributed by atoms with Gasteiger partial charge < -0.3 is 15.0 Å². The third-order valence-electron chi connectivity index (χ3n) is 2.14. The van der Waals surface area contributed by atoms with Gasteiger partial charge in [0.25, 0.3) is 0 Å². The second-order valence-electron chi connectivity index (χ2n) is 3.91. The van der Waals surface area contributed by atoms with E-state index in [1.54, 1.807) is 32.4 Å². The molecule has 94 valence electrons. The normalized spacial score (nSPS) is 9.82. The minimum atomic E-state index is -0.175. The Morgan fingerprint density at radius 3 is 2.76 bits per heavy atom. The van der Waals surface area contributed by atoms with E-state index in [0.717, 1.165) is 12.8 Å². The van der Waals surface area contributed by atoms with Crippen LogP contribution in [0.3, 0.4) is 0 Å². The van der Waals surface area contributed by atoms with Crippen molar-refractivity contribution in [3.8, 4) is 5.88 Å². The molecule has 5 heteroatoms. The van der Waals surface area contributed by atoms with Crippen molar-refractivity contribution in [2.45, 2.75) is 19.8 Å². The molecule has 0 saturated carbocycles. The van der Waals surface area contributed by atoms with Gasteiger partial charge in [-0.1, -0.05) is 13.3 Å². The molecule has 1 N–H and O–H groups in total. The number of amides is 2. The molecule has 0 aliphatic heterocycles. The molecule has 0 bridgehead atoms. The predicted molar refractivity (Wildman–Crippen MR) is 67.3 cm³/mol. The number of ether oxygens (including phenoxy) is 1. The number of nitrogens with one attached hydrogen (secondary N) is 1. The van der Waals surface area contributed by atoms with Gasteiger partial charge in [0.05, 0.1) is 18.5 Å². The first-order chi connectivity index (χ1) is 8.13. The van der Waals surface area contributed by atoms with Gasteiger partial charge in [-0.25, -0.2) is 9.78 Å². The zero-order valence-electron chi connectivity index (χ0n) is 10.6. The van der Waals surface area contributed by atoms with Crippen LogP contribution in [0.5, 0.6) is 5.88 Å². The van der Waals surface area contributed by atoms with Gasteiger partial charge in [-0.2, -0.15) is 0 Å². The number of aromatic nitrogens is 1. The van der Waals surface area contributed by atoms with Crippen molar-refractivity contribution in [3.63, 3.8) is 0 Å².